The molecule has 1 unspecified atom stereocenters. The number of aliphatic hydroxyl groups is 1. The van der Waals surface area contributed by atoms with Gasteiger partial charge in [-0.25, -0.2) is 9.69 Å². The Kier molecular flexibility index (Phi) is 6.88. The van der Waals surface area contributed by atoms with Crippen LogP contribution in [0, 0.1) is 11.8 Å². The van der Waals surface area contributed by atoms with Crippen LogP contribution in [0.1, 0.15) is 44.8 Å². The summed E-state index contributed by atoms with van der Waals surface area (Å²) < 4.78 is 21.3. The molecule has 2 atom stereocenters. The Morgan fingerprint density at radius 1 is 1.23 bits per heavy atom. The molecular formula is C22H31NO7. The van der Waals surface area contributed by atoms with Gasteiger partial charge in [0, 0.05) is 20.1 Å². The summed E-state index contributed by atoms with van der Waals surface area (Å²) >= 11 is 0. The smallest absolute Gasteiger partial charge is 0.417 e. The number of amides is 2. The van der Waals surface area contributed by atoms with E-state index in [0.717, 1.165) is 12.8 Å². The van der Waals surface area contributed by atoms with Gasteiger partial charge in [-0.2, -0.15) is 0 Å². The van der Waals surface area contributed by atoms with Crippen molar-refractivity contribution in [1.29, 1.82) is 0 Å². The zero-order valence-corrected chi connectivity index (χ0v) is 18.1. The summed E-state index contributed by atoms with van der Waals surface area (Å²) in [7, 11) is 3.17. The fourth-order valence-corrected chi connectivity index (χ4v) is 3.87. The molecule has 2 amide bonds. The predicted molar refractivity (Wildman–Crippen MR) is 108 cm³/mol. The minimum absolute atomic E-state index is 0.190. The van der Waals surface area contributed by atoms with Crippen LogP contribution in [0.2, 0.25) is 0 Å². The standard InChI is InChI=1S/C22H31NO7/c1-14(2)18(20(25)23-21(26)30-13-22(23)8-9-22)19(24)15-6-7-16(28-4)17(12-15)29-11-5-10-27-3/h6-7,12,14,18-19,24H,5,8-11,13H2,1-4H3/t18-,19?/m0/s1. The number of imide groups is 1. The van der Waals surface area contributed by atoms with Gasteiger partial charge in [0.05, 0.1) is 31.3 Å². The molecule has 0 aromatic heterocycles. The summed E-state index contributed by atoms with van der Waals surface area (Å²) in [6.07, 6.45) is 0.473. The van der Waals surface area contributed by atoms with Crippen LogP contribution < -0.4 is 9.47 Å². The molecule has 1 aliphatic carbocycles. The van der Waals surface area contributed by atoms with Crippen molar-refractivity contribution >= 4 is 12.0 Å². The highest BCUT2D eigenvalue weighted by molar-refractivity contribution is 5.96. The second-order valence-corrected chi connectivity index (χ2v) is 8.27. The summed E-state index contributed by atoms with van der Waals surface area (Å²) in [6.45, 7) is 4.96. The van der Waals surface area contributed by atoms with Gasteiger partial charge in [0.15, 0.2) is 11.5 Å². The second-order valence-electron chi connectivity index (χ2n) is 8.27. The van der Waals surface area contributed by atoms with E-state index in [4.69, 9.17) is 18.9 Å². The van der Waals surface area contributed by atoms with Gasteiger partial charge in [-0.1, -0.05) is 19.9 Å². The summed E-state index contributed by atoms with van der Waals surface area (Å²) in [6, 6.07) is 5.11. The molecule has 8 nitrogen and oxygen atoms in total. The molecule has 1 aromatic carbocycles. The summed E-state index contributed by atoms with van der Waals surface area (Å²) in [5.41, 5.74) is 0.0123. The molecular weight excluding hydrogens is 390 g/mol. The number of cyclic esters (lactones) is 1. The highest BCUT2D eigenvalue weighted by Crippen LogP contribution is 2.48. The maximum absolute atomic E-state index is 13.3. The Labute approximate surface area is 177 Å². The molecule has 2 aliphatic rings. The van der Waals surface area contributed by atoms with Crippen molar-refractivity contribution in [3.05, 3.63) is 23.8 Å². The SMILES string of the molecule is COCCCOc1cc(C(O)[C@@H](C(=O)N2C(=O)OCC23CC3)C(C)C)ccc1OC. The highest BCUT2D eigenvalue weighted by atomic mass is 16.6. The Hall–Kier alpha value is -2.32. The van der Waals surface area contributed by atoms with Crippen molar-refractivity contribution in [3.63, 3.8) is 0 Å². The van der Waals surface area contributed by atoms with Gasteiger partial charge < -0.3 is 24.1 Å². The maximum Gasteiger partial charge on any atom is 0.417 e. The zero-order chi connectivity index (χ0) is 21.9. The van der Waals surface area contributed by atoms with Crippen molar-refractivity contribution < 1.29 is 33.6 Å². The molecule has 0 radical (unpaired) electrons. The van der Waals surface area contributed by atoms with Crippen molar-refractivity contribution in [2.45, 2.75) is 44.8 Å². The number of carbonyl (C=O) groups excluding carboxylic acids is 2. The number of carbonyl (C=O) groups is 2. The van der Waals surface area contributed by atoms with Crippen molar-refractivity contribution in [3.8, 4) is 11.5 Å². The molecule has 1 aliphatic heterocycles. The molecule has 1 saturated carbocycles. The van der Waals surface area contributed by atoms with Gasteiger partial charge in [-0.3, -0.25) is 4.79 Å². The number of methoxy groups -OCH3 is 2. The fourth-order valence-electron chi connectivity index (χ4n) is 3.87. The zero-order valence-electron chi connectivity index (χ0n) is 18.1. The van der Waals surface area contributed by atoms with Crippen LogP contribution in [0.25, 0.3) is 0 Å². The Bertz CT molecular complexity index is 775. The van der Waals surface area contributed by atoms with E-state index >= 15 is 0 Å². The number of hydrogen-bond acceptors (Lipinski definition) is 7. The molecule has 1 aromatic rings. The van der Waals surface area contributed by atoms with E-state index in [-0.39, 0.29) is 12.5 Å². The van der Waals surface area contributed by atoms with E-state index in [0.29, 0.717) is 36.7 Å². The van der Waals surface area contributed by atoms with Crippen LogP contribution >= 0.6 is 0 Å². The lowest BCUT2D eigenvalue weighted by atomic mass is 9.85. The van der Waals surface area contributed by atoms with Crippen LogP contribution in [0.3, 0.4) is 0 Å². The number of benzene rings is 1. The highest BCUT2D eigenvalue weighted by Gasteiger charge is 2.60. The number of rotatable bonds is 10. The van der Waals surface area contributed by atoms with Gasteiger partial charge in [0.25, 0.3) is 0 Å². The number of ether oxygens (including phenoxy) is 4. The first-order valence-electron chi connectivity index (χ1n) is 10.3. The molecule has 8 heteroatoms. The molecule has 166 valence electrons. The van der Waals surface area contributed by atoms with Crippen LogP contribution in [-0.2, 0) is 14.3 Å². The number of hydrogen-bond donors (Lipinski definition) is 1. The lowest BCUT2D eigenvalue weighted by molar-refractivity contribution is -0.140. The summed E-state index contributed by atoms with van der Waals surface area (Å²) in [5, 5.41) is 11.1. The van der Waals surface area contributed by atoms with Crippen LogP contribution in [0.4, 0.5) is 4.79 Å². The minimum Gasteiger partial charge on any atom is -0.493 e. The molecule has 1 heterocycles. The average Bonchev–Trinajstić information content (AvgIpc) is 3.42. The van der Waals surface area contributed by atoms with Gasteiger partial charge in [0.2, 0.25) is 5.91 Å². The summed E-state index contributed by atoms with van der Waals surface area (Å²) in [5.74, 6) is -0.348. The van der Waals surface area contributed by atoms with Gasteiger partial charge in [0.1, 0.15) is 6.61 Å². The van der Waals surface area contributed by atoms with Gasteiger partial charge >= 0.3 is 6.09 Å². The maximum atomic E-state index is 13.3. The lowest BCUT2D eigenvalue weighted by Gasteiger charge is -2.30. The van der Waals surface area contributed by atoms with E-state index < -0.39 is 29.6 Å². The van der Waals surface area contributed by atoms with E-state index in [1.54, 1.807) is 32.4 Å². The van der Waals surface area contributed by atoms with Crippen LogP contribution in [0.15, 0.2) is 18.2 Å². The lowest BCUT2D eigenvalue weighted by Crippen LogP contribution is -2.47. The predicted octanol–water partition coefficient (Wildman–Crippen LogP) is 2.93. The minimum atomic E-state index is -1.10. The molecule has 30 heavy (non-hydrogen) atoms. The average molecular weight is 421 g/mol. The van der Waals surface area contributed by atoms with Gasteiger partial charge in [-0.05, 0) is 36.5 Å². The Morgan fingerprint density at radius 3 is 2.57 bits per heavy atom. The Balaban J connectivity index is 1.82. The third-order valence-corrected chi connectivity index (χ3v) is 5.79. The molecule has 3 rings (SSSR count). The van der Waals surface area contributed by atoms with E-state index in [2.05, 4.69) is 0 Å². The second kappa shape index (κ2) is 9.22. The first-order chi connectivity index (χ1) is 14.3. The monoisotopic (exact) mass is 421 g/mol. The van der Waals surface area contributed by atoms with Crippen molar-refractivity contribution in [2.75, 3.05) is 34.0 Å². The fraction of sp³-hybridized carbons (Fsp3) is 0.636. The number of nitrogens with zero attached hydrogens (tertiary/aromatic N) is 1. The van der Waals surface area contributed by atoms with Crippen molar-refractivity contribution in [2.24, 2.45) is 11.8 Å². The molecule has 1 saturated heterocycles. The van der Waals surface area contributed by atoms with Crippen LogP contribution in [0.5, 0.6) is 11.5 Å². The Morgan fingerprint density at radius 2 is 1.97 bits per heavy atom. The van der Waals surface area contributed by atoms with E-state index in [9.17, 15) is 14.7 Å². The summed E-state index contributed by atoms with van der Waals surface area (Å²) in [4.78, 5) is 26.8. The van der Waals surface area contributed by atoms with E-state index in [1.165, 1.54) is 4.90 Å². The molecule has 2 fully saturated rings. The van der Waals surface area contributed by atoms with Crippen LogP contribution in [-0.4, -0.2) is 61.6 Å². The van der Waals surface area contributed by atoms with E-state index in [1.807, 2.05) is 13.8 Å². The topological polar surface area (TPSA) is 94.5 Å². The first kappa shape index (κ1) is 22.4. The third-order valence-electron chi connectivity index (χ3n) is 5.79. The normalized spacial score (nSPS) is 19.0. The quantitative estimate of drug-likeness (QED) is 0.581. The third kappa shape index (κ3) is 4.39. The van der Waals surface area contributed by atoms with Gasteiger partial charge in [-0.15, -0.1) is 0 Å². The van der Waals surface area contributed by atoms with Crippen molar-refractivity contribution in [1.82, 2.24) is 4.90 Å². The first-order valence-corrected chi connectivity index (χ1v) is 10.3. The largest absolute Gasteiger partial charge is 0.493 e. The molecule has 0 bridgehead atoms. The molecule has 1 N–H and O–H groups in total. The number of aliphatic hydroxyl groups excluding tert-OH is 1. The molecule has 1 spiro atoms.